The van der Waals surface area contributed by atoms with Crippen LogP contribution in [0.3, 0.4) is 0 Å². The minimum atomic E-state index is -2.98. The summed E-state index contributed by atoms with van der Waals surface area (Å²) in [5, 5.41) is 16.0. The molecule has 0 amide bonds. The topological polar surface area (TPSA) is 100 Å². The van der Waals surface area contributed by atoms with E-state index < -0.39 is 9.84 Å². The van der Waals surface area contributed by atoms with Gasteiger partial charge in [-0.15, -0.1) is 24.0 Å². The molecule has 1 unspecified atom stereocenters. The van der Waals surface area contributed by atoms with E-state index in [9.17, 15) is 13.5 Å². The zero-order chi connectivity index (χ0) is 17.5. The van der Waals surface area contributed by atoms with Crippen LogP contribution >= 0.6 is 24.0 Å². The Kier molecular flexibility index (Phi) is 10.1. The normalized spacial score (nSPS) is 12.9. The summed E-state index contributed by atoms with van der Waals surface area (Å²) in [5.74, 6) is 1.48. The number of guanidine groups is 1. The number of hydrogen-bond acceptors (Lipinski definition) is 5. The second kappa shape index (κ2) is 10.6. The second-order valence-electron chi connectivity index (χ2n) is 5.38. The lowest BCUT2D eigenvalue weighted by Gasteiger charge is -2.18. The summed E-state index contributed by atoms with van der Waals surface area (Å²) in [6.07, 6.45) is 1.71. The Morgan fingerprint density at radius 2 is 2.08 bits per heavy atom. The van der Waals surface area contributed by atoms with Crippen molar-refractivity contribution in [3.05, 3.63) is 23.8 Å². The van der Waals surface area contributed by atoms with E-state index in [1.54, 1.807) is 32.4 Å². The molecule has 0 aliphatic heterocycles. The molecule has 0 saturated carbocycles. The molecule has 9 heteroatoms. The van der Waals surface area contributed by atoms with Crippen LogP contribution in [0.2, 0.25) is 0 Å². The minimum absolute atomic E-state index is 0. The van der Waals surface area contributed by atoms with E-state index in [4.69, 9.17) is 4.74 Å². The molecule has 24 heavy (non-hydrogen) atoms. The highest BCUT2D eigenvalue weighted by Gasteiger charge is 2.10. The first-order valence-corrected chi connectivity index (χ1v) is 9.32. The number of benzene rings is 1. The van der Waals surface area contributed by atoms with Crippen LogP contribution in [-0.4, -0.2) is 51.7 Å². The van der Waals surface area contributed by atoms with Crippen LogP contribution in [0.4, 0.5) is 0 Å². The third-order valence-electron chi connectivity index (χ3n) is 3.26. The Morgan fingerprint density at radius 3 is 2.62 bits per heavy atom. The van der Waals surface area contributed by atoms with Crippen molar-refractivity contribution in [3.8, 4) is 11.5 Å². The van der Waals surface area contributed by atoms with E-state index in [0.29, 0.717) is 30.2 Å². The van der Waals surface area contributed by atoms with Gasteiger partial charge in [-0.25, -0.2) is 8.42 Å². The summed E-state index contributed by atoms with van der Waals surface area (Å²) in [5.41, 5.74) is 0.677. The Morgan fingerprint density at radius 1 is 1.42 bits per heavy atom. The molecule has 3 N–H and O–H groups in total. The molecule has 0 bridgehead atoms. The molecule has 7 nitrogen and oxygen atoms in total. The van der Waals surface area contributed by atoms with Gasteiger partial charge in [0.2, 0.25) is 0 Å². The lowest BCUT2D eigenvalue weighted by molar-refractivity contribution is 0.410. The molecular formula is C15H26IN3O4S. The first kappa shape index (κ1) is 22.8. The van der Waals surface area contributed by atoms with Crippen LogP contribution in [-0.2, 0) is 16.4 Å². The smallest absolute Gasteiger partial charge is 0.191 e. The Bertz CT molecular complexity index is 650. The van der Waals surface area contributed by atoms with Crippen molar-refractivity contribution in [2.75, 3.05) is 26.2 Å². The predicted octanol–water partition coefficient (Wildman–Crippen LogP) is 1.51. The maximum absolute atomic E-state index is 11.2. The number of phenols is 1. The SMILES string of the molecule is CN=C(NCc1cc(OC)ccc1O)NC(C)CCS(C)(=O)=O.I. The van der Waals surface area contributed by atoms with Crippen molar-refractivity contribution in [2.45, 2.75) is 25.9 Å². The molecule has 1 aromatic carbocycles. The van der Waals surface area contributed by atoms with Gasteiger partial charge in [-0.3, -0.25) is 4.99 Å². The Balaban J connectivity index is 0.00000529. The largest absolute Gasteiger partial charge is 0.508 e. The number of methoxy groups -OCH3 is 1. The number of rotatable bonds is 7. The van der Waals surface area contributed by atoms with Gasteiger partial charge in [0.1, 0.15) is 21.3 Å². The summed E-state index contributed by atoms with van der Waals surface area (Å²) in [6.45, 7) is 2.25. The molecule has 1 atom stereocenters. The molecule has 0 heterocycles. The molecule has 0 aromatic heterocycles. The number of ether oxygens (including phenoxy) is 1. The van der Waals surface area contributed by atoms with Gasteiger partial charge in [0.15, 0.2) is 5.96 Å². The highest BCUT2D eigenvalue weighted by Crippen LogP contribution is 2.22. The fourth-order valence-corrected chi connectivity index (χ4v) is 2.68. The Labute approximate surface area is 160 Å². The van der Waals surface area contributed by atoms with Gasteiger partial charge in [0, 0.05) is 31.5 Å². The van der Waals surface area contributed by atoms with Crippen molar-refractivity contribution in [3.63, 3.8) is 0 Å². The van der Waals surface area contributed by atoms with Gasteiger partial charge >= 0.3 is 0 Å². The lowest BCUT2D eigenvalue weighted by atomic mass is 10.2. The van der Waals surface area contributed by atoms with E-state index >= 15 is 0 Å². The van der Waals surface area contributed by atoms with E-state index in [0.717, 1.165) is 0 Å². The average molecular weight is 471 g/mol. The summed E-state index contributed by atoms with van der Waals surface area (Å²) < 4.78 is 27.5. The van der Waals surface area contributed by atoms with Gasteiger partial charge in [-0.1, -0.05) is 0 Å². The van der Waals surface area contributed by atoms with Gasteiger partial charge in [0.25, 0.3) is 0 Å². The number of nitrogens with one attached hydrogen (secondary N) is 2. The molecule has 0 fully saturated rings. The lowest BCUT2D eigenvalue weighted by Crippen LogP contribution is -2.42. The van der Waals surface area contributed by atoms with Crippen molar-refractivity contribution < 1.29 is 18.3 Å². The molecule has 0 saturated heterocycles. The zero-order valence-electron chi connectivity index (χ0n) is 14.4. The number of phenolic OH excluding ortho intramolecular Hbond substituents is 1. The van der Waals surface area contributed by atoms with Crippen molar-refractivity contribution in [2.24, 2.45) is 4.99 Å². The molecule has 1 rings (SSSR count). The van der Waals surface area contributed by atoms with E-state index in [2.05, 4.69) is 15.6 Å². The highest BCUT2D eigenvalue weighted by atomic mass is 127. The van der Waals surface area contributed by atoms with Crippen molar-refractivity contribution >= 4 is 39.8 Å². The average Bonchev–Trinajstić information content (AvgIpc) is 2.50. The maximum Gasteiger partial charge on any atom is 0.191 e. The summed E-state index contributed by atoms with van der Waals surface area (Å²) in [7, 11) is 0.215. The van der Waals surface area contributed by atoms with Crippen LogP contribution in [0.15, 0.2) is 23.2 Å². The number of hydrogen-bond donors (Lipinski definition) is 3. The molecule has 138 valence electrons. The van der Waals surface area contributed by atoms with E-state index in [1.165, 1.54) is 6.26 Å². The Hall–Kier alpha value is -1.23. The molecule has 1 aromatic rings. The van der Waals surface area contributed by atoms with Crippen molar-refractivity contribution in [1.29, 1.82) is 0 Å². The molecule has 0 aliphatic carbocycles. The van der Waals surface area contributed by atoms with E-state index in [1.807, 2.05) is 6.92 Å². The fourth-order valence-electron chi connectivity index (χ4n) is 1.90. The third-order valence-corrected chi connectivity index (χ3v) is 4.24. The van der Waals surface area contributed by atoms with Gasteiger partial charge in [-0.05, 0) is 31.5 Å². The second-order valence-corrected chi connectivity index (χ2v) is 7.64. The molecular weight excluding hydrogens is 445 g/mol. The fraction of sp³-hybridized carbons (Fsp3) is 0.533. The molecule has 0 aliphatic rings. The van der Waals surface area contributed by atoms with Gasteiger partial charge < -0.3 is 20.5 Å². The van der Waals surface area contributed by atoms with Crippen LogP contribution in [0.5, 0.6) is 11.5 Å². The summed E-state index contributed by atoms with van der Waals surface area (Å²) in [4.78, 5) is 4.09. The van der Waals surface area contributed by atoms with Crippen LogP contribution in [0, 0.1) is 0 Å². The number of halogens is 1. The maximum atomic E-state index is 11.2. The highest BCUT2D eigenvalue weighted by molar-refractivity contribution is 14.0. The third kappa shape index (κ3) is 8.57. The zero-order valence-corrected chi connectivity index (χ0v) is 17.5. The quantitative estimate of drug-likeness (QED) is 0.317. The summed E-state index contributed by atoms with van der Waals surface area (Å²) >= 11 is 0. The number of nitrogens with zero attached hydrogens (tertiary/aromatic N) is 1. The monoisotopic (exact) mass is 471 g/mol. The van der Waals surface area contributed by atoms with Gasteiger partial charge in [0.05, 0.1) is 12.9 Å². The van der Waals surface area contributed by atoms with E-state index in [-0.39, 0.29) is 41.5 Å². The predicted molar refractivity (Wildman–Crippen MR) is 107 cm³/mol. The summed E-state index contributed by atoms with van der Waals surface area (Å²) in [6, 6.07) is 4.94. The van der Waals surface area contributed by atoms with Crippen LogP contribution in [0.1, 0.15) is 18.9 Å². The minimum Gasteiger partial charge on any atom is -0.508 e. The van der Waals surface area contributed by atoms with Gasteiger partial charge in [-0.2, -0.15) is 0 Å². The number of sulfone groups is 1. The first-order valence-electron chi connectivity index (χ1n) is 7.26. The standard InChI is InChI=1S/C15H25N3O4S.HI/c1-11(7-8-23(4,20)21)18-15(16-2)17-10-12-9-13(22-3)5-6-14(12)19;/h5-6,9,11,19H,7-8,10H2,1-4H3,(H2,16,17,18);1H. The molecule has 0 radical (unpaired) electrons. The van der Waals surface area contributed by atoms with Crippen molar-refractivity contribution in [1.82, 2.24) is 10.6 Å². The van der Waals surface area contributed by atoms with Crippen LogP contribution < -0.4 is 15.4 Å². The van der Waals surface area contributed by atoms with Crippen LogP contribution in [0.25, 0.3) is 0 Å². The number of aliphatic imine (C=N–C) groups is 1. The first-order chi connectivity index (χ1) is 10.7. The molecule has 0 spiro atoms. The number of aromatic hydroxyl groups is 1.